The van der Waals surface area contributed by atoms with Crippen LogP contribution in [0.4, 0.5) is 0 Å². The molecule has 5 heteroatoms. The Balaban J connectivity index is 2.53. The van der Waals surface area contributed by atoms with Gasteiger partial charge in [0, 0.05) is 6.54 Å². The van der Waals surface area contributed by atoms with Crippen LogP contribution in [0.1, 0.15) is 39.5 Å². The number of rotatable bonds is 6. The van der Waals surface area contributed by atoms with Crippen LogP contribution in [-0.2, 0) is 4.79 Å². The standard InChI is InChI=1S/C13H24N2OS2/c1-3-13(4-2,11(14)17)12(16)15-9-10-5-7-18-8-6-10/h10H,3-9H2,1-2H3,(H2,14,17)(H,15,16). The van der Waals surface area contributed by atoms with Crippen LogP contribution in [0.3, 0.4) is 0 Å². The second-order valence-corrected chi connectivity index (χ2v) is 6.58. The first-order valence-electron chi connectivity index (χ1n) is 6.72. The van der Waals surface area contributed by atoms with E-state index in [1.165, 1.54) is 24.3 Å². The third-order valence-corrected chi connectivity index (χ3v) is 5.45. The van der Waals surface area contributed by atoms with Crippen molar-refractivity contribution in [3.05, 3.63) is 0 Å². The van der Waals surface area contributed by atoms with Crippen molar-refractivity contribution in [2.45, 2.75) is 39.5 Å². The summed E-state index contributed by atoms with van der Waals surface area (Å²) in [4.78, 5) is 12.7. The van der Waals surface area contributed by atoms with E-state index in [-0.39, 0.29) is 5.91 Å². The third-order valence-electron chi connectivity index (χ3n) is 4.01. The summed E-state index contributed by atoms with van der Waals surface area (Å²) in [6.07, 6.45) is 3.74. The zero-order valence-corrected chi connectivity index (χ0v) is 13.0. The van der Waals surface area contributed by atoms with E-state index in [1.54, 1.807) is 0 Å². The molecular formula is C13H24N2OS2. The minimum absolute atomic E-state index is 0.0122. The summed E-state index contributed by atoms with van der Waals surface area (Å²) in [5, 5.41) is 3.06. The Morgan fingerprint density at radius 1 is 1.39 bits per heavy atom. The van der Waals surface area contributed by atoms with Gasteiger partial charge in [-0.1, -0.05) is 26.1 Å². The molecule has 1 aliphatic rings. The average Bonchev–Trinajstić information content (AvgIpc) is 2.39. The normalized spacial score (nSPS) is 17.4. The topological polar surface area (TPSA) is 55.1 Å². The van der Waals surface area contributed by atoms with Gasteiger partial charge in [-0.15, -0.1) is 0 Å². The first-order valence-corrected chi connectivity index (χ1v) is 8.29. The van der Waals surface area contributed by atoms with E-state index < -0.39 is 5.41 Å². The number of carbonyl (C=O) groups excluding carboxylic acids is 1. The van der Waals surface area contributed by atoms with Crippen molar-refractivity contribution in [1.29, 1.82) is 0 Å². The highest BCUT2D eigenvalue weighted by Gasteiger charge is 2.38. The van der Waals surface area contributed by atoms with Crippen LogP contribution in [0.2, 0.25) is 0 Å². The van der Waals surface area contributed by atoms with E-state index in [0.717, 1.165) is 6.54 Å². The number of nitrogens with one attached hydrogen (secondary N) is 1. The Morgan fingerprint density at radius 3 is 2.39 bits per heavy atom. The molecule has 3 N–H and O–H groups in total. The lowest BCUT2D eigenvalue weighted by Gasteiger charge is -2.30. The number of hydrogen-bond acceptors (Lipinski definition) is 3. The highest BCUT2D eigenvalue weighted by Crippen LogP contribution is 2.28. The van der Waals surface area contributed by atoms with Crippen LogP contribution < -0.4 is 11.1 Å². The molecule has 0 bridgehead atoms. The molecule has 0 aromatic heterocycles. The van der Waals surface area contributed by atoms with E-state index in [1.807, 2.05) is 25.6 Å². The summed E-state index contributed by atoms with van der Waals surface area (Å²) in [5.41, 5.74) is 5.12. The van der Waals surface area contributed by atoms with Gasteiger partial charge in [0.05, 0.1) is 10.4 Å². The fraction of sp³-hybridized carbons (Fsp3) is 0.846. The number of carbonyl (C=O) groups is 1. The zero-order valence-electron chi connectivity index (χ0n) is 11.3. The Morgan fingerprint density at radius 2 is 1.94 bits per heavy atom. The van der Waals surface area contributed by atoms with E-state index >= 15 is 0 Å². The predicted octanol–water partition coefficient (Wildman–Crippen LogP) is 2.34. The van der Waals surface area contributed by atoms with Gasteiger partial charge in [0.15, 0.2) is 0 Å². The Hall–Kier alpha value is -0.290. The highest BCUT2D eigenvalue weighted by molar-refractivity contribution is 7.99. The molecule has 1 fully saturated rings. The fourth-order valence-electron chi connectivity index (χ4n) is 2.39. The molecule has 1 amide bonds. The second kappa shape index (κ2) is 7.34. The van der Waals surface area contributed by atoms with Crippen molar-refractivity contribution >= 4 is 34.9 Å². The fourth-order valence-corrected chi connectivity index (χ4v) is 3.97. The summed E-state index contributed by atoms with van der Waals surface area (Å²) in [6, 6.07) is 0. The van der Waals surface area contributed by atoms with Crippen molar-refractivity contribution in [3.8, 4) is 0 Å². The van der Waals surface area contributed by atoms with E-state index in [0.29, 0.717) is 23.7 Å². The molecule has 0 spiro atoms. The van der Waals surface area contributed by atoms with Crippen LogP contribution in [0.25, 0.3) is 0 Å². The number of thioether (sulfide) groups is 1. The van der Waals surface area contributed by atoms with Gasteiger partial charge in [0.25, 0.3) is 0 Å². The molecule has 1 aliphatic heterocycles. The van der Waals surface area contributed by atoms with Crippen molar-refractivity contribution in [2.24, 2.45) is 17.1 Å². The van der Waals surface area contributed by atoms with Crippen LogP contribution in [-0.4, -0.2) is 28.9 Å². The molecule has 0 unspecified atom stereocenters. The first kappa shape index (κ1) is 15.8. The van der Waals surface area contributed by atoms with Crippen molar-refractivity contribution in [1.82, 2.24) is 5.32 Å². The first-order chi connectivity index (χ1) is 8.56. The molecule has 1 saturated heterocycles. The summed E-state index contributed by atoms with van der Waals surface area (Å²) < 4.78 is 0. The molecule has 0 atom stereocenters. The molecule has 0 saturated carbocycles. The van der Waals surface area contributed by atoms with Crippen LogP contribution >= 0.6 is 24.0 Å². The largest absolute Gasteiger partial charge is 0.392 e. The van der Waals surface area contributed by atoms with Gasteiger partial charge in [0.2, 0.25) is 5.91 Å². The molecule has 1 heterocycles. The van der Waals surface area contributed by atoms with E-state index in [2.05, 4.69) is 5.32 Å². The molecule has 0 aromatic rings. The number of nitrogens with two attached hydrogens (primary N) is 1. The van der Waals surface area contributed by atoms with E-state index in [9.17, 15) is 4.79 Å². The average molecular weight is 288 g/mol. The SMILES string of the molecule is CCC(CC)(C(=O)NCC1CCSCC1)C(N)=S. The summed E-state index contributed by atoms with van der Waals surface area (Å²) in [6.45, 7) is 4.71. The second-order valence-electron chi connectivity index (χ2n) is 4.92. The minimum atomic E-state index is -0.654. The number of hydrogen-bond donors (Lipinski definition) is 2. The van der Waals surface area contributed by atoms with Crippen molar-refractivity contribution in [2.75, 3.05) is 18.1 Å². The van der Waals surface area contributed by atoms with Gasteiger partial charge in [0.1, 0.15) is 0 Å². The third kappa shape index (κ3) is 3.60. The monoisotopic (exact) mass is 288 g/mol. The molecular weight excluding hydrogens is 264 g/mol. The molecule has 0 radical (unpaired) electrons. The lowest BCUT2D eigenvalue weighted by atomic mass is 9.81. The Bertz CT molecular complexity index is 297. The van der Waals surface area contributed by atoms with Crippen LogP contribution in [0.5, 0.6) is 0 Å². The lowest BCUT2D eigenvalue weighted by Crippen LogP contribution is -2.49. The zero-order chi connectivity index (χ0) is 13.6. The van der Waals surface area contributed by atoms with Gasteiger partial charge < -0.3 is 11.1 Å². The summed E-state index contributed by atoms with van der Waals surface area (Å²) in [5.74, 6) is 3.05. The number of thiocarbonyl (C=S) groups is 1. The van der Waals surface area contributed by atoms with Crippen molar-refractivity contribution in [3.63, 3.8) is 0 Å². The minimum Gasteiger partial charge on any atom is -0.392 e. The van der Waals surface area contributed by atoms with Crippen LogP contribution in [0.15, 0.2) is 0 Å². The van der Waals surface area contributed by atoms with Gasteiger partial charge >= 0.3 is 0 Å². The Labute approximate surface area is 120 Å². The molecule has 3 nitrogen and oxygen atoms in total. The van der Waals surface area contributed by atoms with Crippen LogP contribution in [0, 0.1) is 11.3 Å². The molecule has 18 heavy (non-hydrogen) atoms. The van der Waals surface area contributed by atoms with Gasteiger partial charge in [-0.3, -0.25) is 4.79 Å². The molecule has 0 aromatic carbocycles. The lowest BCUT2D eigenvalue weighted by molar-refractivity contribution is -0.128. The summed E-state index contributed by atoms with van der Waals surface area (Å²) >= 11 is 7.09. The number of amides is 1. The molecule has 0 aliphatic carbocycles. The quantitative estimate of drug-likeness (QED) is 0.737. The maximum absolute atomic E-state index is 12.3. The smallest absolute Gasteiger partial charge is 0.233 e. The van der Waals surface area contributed by atoms with Gasteiger partial charge in [-0.05, 0) is 43.1 Å². The maximum atomic E-state index is 12.3. The maximum Gasteiger partial charge on any atom is 0.233 e. The van der Waals surface area contributed by atoms with E-state index in [4.69, 9.17) is 18.0 Å². The highest BCUT2D eigenvalue weighted by atomic mass is 32.2. The van der Waals surface area contributed by atoms with Gasteiger partial charge in [-0.25, -0.2) is 0 Å². The molecule has 104 valence electrons. The van der Waals surface area contributed by atoms with Crippen molar-refractivity contribution < 1.29 is 4.79 Å². The predicted molar refractivity (Wildman–Crippen MR) is 82.9 cm³/mol. The Kier molecular flexibility index (Phi) is 6.43. The summed E-state index contributed by atoms with van der Waals surface area (Å²) in [7, 11) is 0. The van der Waals surface area contributed by atoms with Gasteiger partial charge in [-0.2, -0.15) is 11.8 Å². The molecule has 1 rings (SSSR count).